The molecule has 0 saturated heterocycles. The molecule has 4 aromatic rings. The fourth-order valence-corrected chi connectivity index (χ4v) is 4.44. The Bertz CT molecular complexity index is 1180. The second kappa shape index (κ2) is 9.70. The van der Waals surface area contributed by atoms with Crippen LogP contribution in [0.2, 0.25) is 0 Å². The third kappa shape index (κ3) is 4.84. The monoisotopic (exact) mass is 448 g/mol. The van der Waals surface area contributed by atoms with E-state index in [1.807, 2.05) is 78.4 Å². The number of aromatic nitrogens is 1. The van der Waals surface area contributed by atoms with Crippen LogP contribution in [-0.2, 0) is 16.1 Å². The summed E-state index contributed by atoms with van der Waals surface area (Å²) in [6, 6.07) is 18.8. The number of aryl methyl sites for hydroxylation is 1. The Balaban J connectivity index is 1.41. The van der Waals surface area contributed by atoms with Crippen LogP contribution in [0.4, 0.5) is 0 Å². The van der Waals surface area contributed by atoms with Gasteiger partial charge in [-0.1, -0.05) is 36.4 Å². The zero-order chi connectivity index (χ0) is 22.5. The number of hydrogen-bond acceptors (Lipinski definition) is 5. The summed E-state index contributed by atoms with van der Waals surface area (Å²) in [6.07, 6.45) is 1.62. The first kappa shape index (κ1) is 21.6. The van der Waals surface area contributed by atoms with Gasteiger partial charge >= 0.3 is 5.97 Å². The van der Waals surface area contributed by atoms with E-state index in [-0.39, 0.29) is 18.6 Å². The smallest absolute Gasteiger partial charge is 0.340 e. The molecule has 1 N–H and O–H groups in total. The number of nitrogens with one attached hydrogen (secondary N) is 1. The van der Waals surface area contributed by atoms with Gasteiger partial charge in [-0.05, 0) is 49.1 Å². The molecular formula is C25H24N2O4S. The number of rotatable bonds is 8. The van der Waals surface area contributed by atoms with Gasteiger partial charge in [0, 0.05) is 16.3 Å². The van der Waals surface area contributed by atoms with Crippen LogP contribution in [0.1, 0.15) is 44.0 Å². The van der Waals surface area contributed by atoms with Crippen molar-refractivity contribution >= 4 is 23.2 Å². The van der Waals surface area contributed by atoms with E-state index in [1.54, 1.807) is 23.7 Å². The Labute approximate surface area is 190 Å². The Morgan fingerprint density at radius 2 is 1.91 bits per heavy atom. The van der Waals surface area contributed by atoms with Crippen molar-refractivity contribution in [3.05, 3.63) is 105 Å². The number of benzene rings is 1. The standard InChI is InChI=1S/C25H24N2O4S/c1-17-14-21(18(2)27(17)15-20-10-6-12-30-20)25(29)31-16-23(28)26-24(22-11-7-13-32-22)19-8-4-3-5-9-19/h3-14,24H,15-16H2,1-2H3,(H,26,28). The Morgan fingerprint density at radius 1 is 1.09 bits per heavy atom. The van der Waals surface area contributed by atoms with Gasteiger partial charge in [-0.15, -0.1) is 11.3 Å². The quantitative estimate of drug-likeness (QED) is 0.390. The summed E-state index contributed by atoms with van der Waals surface area (Å²) in [4.78, 5) is 26.3. The molecule has 1 atom stereocenters. The Morgan fingerprint density at radius 3 is 2.59 bits per heavy atom. The molecule has 0 bridgehead atoms. The van der Waals surface area contributed by atoms with Gasteiger partial charge in [0.1, 0.15) is 5.76 Å². The van der Waals surface area contributed by atoms with E-state index in [1.165, 1.54) is 0 Å². The summed E-state index contributed by atoms with van der Waals surface area (Å²) in [5.74, 6) is -0.0806. The van der Waals surface area contributed by atoms with Crippen molar-refractivity contribution in [1.82, 2.24) is 9.88 Å². The van der Waals surface area contributed by atoms with E-state index in [9.17, 15) is 9.59 Å². The molecular weight excluding hydrogens is 424 g/mol. The van der Waals surface area contributed by atoms with Crippen LogP contribution < -0.4 is 5.32 Å². The van der Waals surface area contributed by atoms with E-state index < -0.39 is 5.97 Å². The maximum absolute atomic E-state index is 12.7. The minimum atomic E-state index is -0.522. The van der Waals surface area contributed by atoms with Gasteiger partial charge in [0.2, 0.25) is 0 Å². The zero-order valence-electron chi connectivity index (χ0n) is 17.9. The first-order valence-corrected chi connectivity index (χ1v) is 11.1. The van der Waals surface area contributed by atoms with Crippen LogP contribution in [0.15, 0.2) is 76.7 Å². The molecule has 7 heteroatoms. The summed E-state index contributed by atoms with van der Waals surface area (Å²) in [6.45, 7) is 3.95. The average molecular weight is 449 g/mol. The van der Waals surface area contributed by atoms with E-state index in [2.05, 4.69) is 5.32 Å². The molecule has 1 amide bonds. The van der Waals surface area contributed by atoms with Crippen molar-refractivity contribution in [1.29, 1.82) is 0 Å². The first-order chi connectivity index (χ1) is 15.5. The zero-order valence-corrected chi connectivity index (χ0v) is 18.7. The van der Waals surface area contributed by atoms with Gasteiger partial charge in [0.15, 0.2) is 6.61 Å². The SMILES string of the molecule is Cc1cc(C(=O)OCC(=O)NC(c2ccccc2)c2cccs2)c(C)n1Cc1ccco1. The van der Waals surface area contributed by atoms with Crippen molar-refractivity contribution < 1.29 is 18.7 Å². The van der Waals surface area contributed by atoms with Gasteiger partial charge in [0.05, 0.1) is 24.4 Å². The number of hydrogen-bond donors (Lipinski definition) is 1. The minimum Gasteiger partial charge on any atom is -0.467 e. The predicted molar refractivity (Wildman–Crippen MR) is 123 cm³/mol. The van der Waals surface area contributed by atoms with E-state index in [0.29, 0.717) is 12.1 Å². The molecule has 0 aliphatic heterocycles. The molecule has 32 heavy (non-hydrogen) atoms. The van der Waals surface area contributed by atoms with Crippen molar-refractivity contribution in [3.63, 3.8) is 0 Å². The molecule has 0 spiro atoms. The largest absolute Gasteiger partial charge is 0.467 e. The van der Waals surface area contributed by atoms with E-state index in [4.69, 9.17) is 9.15 Å². The molecule has 0 aliphatic rings. The normalized spacial score (nSPS) is 11.8. The second-order valence-corrected chi connectivity index (χ2v) is 8.43. The summed E-state index contributed by atoms with van der Waals surface area (Å²) in [5.41, 5.74) is 3.10. The molecule has 1 aromatic carbocycles. The van der Waals surface area contributed by atoms with Gasteiger partial charge in [0.25, 0.3) is 5.91 Å². The van der Waals surface area contributed by atoms with Crippen molar-refractivity contribution in [2.75, 3.05) is 6.61 Å². The molecule has 0 aliphatic carbocycles. The van der Waals surface area contributed by atoms with Crippen LogP contribution in [0.3, 0.4) is 0 Å². The number of thiophene rings is 1. The number of carbonyl (C=O) groups is 2. The first-order valence-electron chi connectivity index (χ1n) is 10.3. The predicted octanol–water partition coefficient (Wildman–Crippen LogP) is 4.87. The third-order valence-electron chi connectivity index (χ3n) is 5.29. The topological polar surface area (TPSA) is 73.5 Å². The maximum atomic E-state index is 12.7. The van der Waals surface area contributed by atoms with Gasteiger partial charge < -0.3 is 19.0 Å². The number of esters is 1. The molecule has 3 heterocycles. The van der Waals surface area contributed by atoms with Crippen LogP contribution in [0.25, 0.3) is 0 Å². The highest BCUT2D eigenvalue weighted by Gasteiger charge is 2.21. The lowest BCUT2D eigenvalue weighted by atomic mass is 10.1. The number of nitrogens with zero attached hydrogens (tertiary/aromatic N) is 1. The summed E-state index contributed by atoms with van der Waals surface area (Å²) in [5, 5.41) is 4.95. The van der Waals surface area contributed by atoms with Crippen molar-refractivity contribution in [3.8, 4) is 0 Å². The summed E-state index contributed by atoms with van der Waals surface area (Å²) < 4.78 is 12.7. The summed E-state index contributed by atoms with van der Waals surface area (Å²) in [7, 11) is 0. The second-order valence-electron chi connectivity index (χ2n) is 7.45. The highest BCUT2D eigenvalue weighted by Crippen LogP contribution is 2.26. The lowest BCUT2D eigenvalue weighted by Crippen LogP contribution is -2.32. The Kier molecular flexibility index (Phi) is 6.56. The van der Waals surface area contributed by atoms with Crippen molar-refractivity contribution in [2.45, 2.75) is 26.4 Å². The highest BCUT2D eigenvalue weighted by molar-refractivity contribution is 7.10. The molecule has 1 unspecified atom stereocenters. The van der Waals surface area contributed by atoms with Crippen LogP contribution in [-0.4, -0.2) is 23.1 Å². The fraction of sp³-hybridized carbons (Fsp3) is 0.200. The number of carbonyl (C=O) groups excluding carboxylic acids is 2. The van der Waals surface area contributed by atoms with Gasteiger partial charge in [-0.25, -0.2) is 4.79 Å². The van der Waals surface area contributed by atoms with E-state index >= 15 is 0 Å². The number of ether oxygens (including phenoxy) is 1. The highest BCUT2D eigenvalue weighted by atomic mass is 32.1. The fourth-order valence-electron chi connectivity index (χ4n) is 3.64. The molecule has 0 radical (unpaired) electrons. The minimum absolute atomic E-state index is 0.291. The van der Waals surface area contributed by atoms with Crippen LogP contribution >= 0.6 is 11.3 Å². The van der Waals surface area contributed by atoms with Crippen LogP contribution in [0.5, 0.6) is 0 Å². The lowest BCUT2D eigenvalue weighted by Gasteiger charge is -2.18. The molecule has 0 saturated carbocycles. The molecule has 3 aromatic heterocycles. The molecule has 4 rings (SSSR count). The Hall–Kier alpha value is -3.58. The van der Waals surface area contributed by atoms with E-state index in [0.717, 1.165) is 27.6 Å². The average Bonchev–Trinajstić information content (AvgIpc) is 3.56. The number of amides is 1. The van der Waals surface area contributed by atoms with Gasteiger partial charge in [-0.3, -0.25) is 4.79 Å². The van der Waals surface area contributed by atoms with Crippen molar-refractivity contribution in [2.24, 2.45) is 0 Å². The maximum Gasteiger partial charge on any atom is 0.340 e. The molecule has 0 fully saturated rings. The van der Waals surface area contributed by atoms with Crippen LogP contribution in [0, 0.1) is 13.8 Å². The molecule has 6 nitrogen and oxygen atoms in total. The summed E-state index contributed by atoms with van der Waals surface area (Å²) >= 11 is 1.56. The number of furan rings is 1. The molecule has 164 valence electrons. The third-order valence-corrected chi connectivity index (χ3v) is 6.23. The lowest BCUT2D eigenvalue weighted by molar-refractivity contribution is -0.124. The van der Waals surface area contributed by atoms with Gasteiger partial charge in [-0.2, -0.15) is 0 Å².